The van der Waals surface area contributed by atoms with Crippen LogP contribution in [0.15, 0.2) is 36.4 Å². The molecule has 0 fully saturated rings. The van der Waals surface area contributed by atoms with Crippen LogP contribution in [0.5, 0.6) is 5.75 Å². The zero-order valence-electron chi connectivity index (χ0n) is 23.9. The lowest BCUT2D eigenvalue weighted by atomic mass is 9.91. The lowest BCUT2D eigenvalue weighted by molar-refractivity contribution is -0.147. The third-order valence-corrected chi connectivity index (χ3v) is 7.12. The molecule has 2 unspecified atom stereocenters. The number of nitrogens with zero attached hydrogens (tertiary/aromatic N) is 1. The number of thiol groups is 1. The molecule has 2 aromatic carbocycles. The summed E-state index contributed by atoms with van der Waals surface area (Å²) in [6, 6.07) is 7.82. The molecule has 0 radical (unpaired) electrons. The summed E-state index contributed by atoms with van der Waals surface area (Å²) in [5, 5.41) is 16.1. The number of nitrogens with one attached hydrogen (secondary N) is 2. The molecular formula is C29H40ClN3O5S. The molecule has 0 saturated heterocycles. The maximum absolute atomic E-state index is 14.2. The predicted octanol–water partition coefficient (Wildman–Crippen LogP) is 6.18. The van der Waals surface area contributed by atoms with E-state index in [1.54, 1.807) is 52.0 Å². The highest BCUT2D eigenvalue weighted by atomic mass is 35.5. The molecule has 0 saturated carbocycles. The number of benzene rings is 2. The van der Waals surface area contributed by atoms with Crippen molar-refractivity contribution in [3.05, 3.63) is 58.1 Å². The van der Waals surface area contributed by atoms with Crippen LogP contribution in [0.3, 0.4) is 0 Å². The number of anilines is 1. The van der Waals surface area contributed by atoms with Crippen molar-refractivity contribution in [2.45, 2.75) is 85.0 Å². The summed E-state index contributed by atoms with van der Waals surface area (Å²) in [6.45, 7) is 14.3. The first-order chi connectivity index (χ1) is 18.0. The van der Waals surface area contributed by atoms with Crippen molar-refractivity contribution in [3.63, 3.8) is 0 Å². The summed E-state index contributed by atoms with van der Waals surface area (Å²) in [5.41, 5.74) is 0.608. The van der Waals surface area contributed by atoms with Crippen LogP contribution in [0.25, 0.3) is 0 Å². The minimum atomic E-state index is -1.13. The monoisotopic (exact) mass is 577 g/mol. The molecule has 2 aromatic rings. The van der Waals surface area contributed by atoms with Gasteiger partial charge >= 0.3 is 6.09 Å². The van der Waals surface area contributed by atoms with Gasteiger partial charge in [0.05, 0.1) is 10.7 Å². The average Bonchev–Trinajstić information content (AvgIpc) is 2.83. The van der Waals surface area contributed by atoms with E-state index in [2.05, 4.69) is 23.3 Å². The van der Waals surface area contributed by atoms with Gasteiger partial charge in [0.25, 0.3) is 5.91 Å². The van der Waals surface area contributed by atoms with Crippen LogP contribution in [-0.4, -0.2) is 50.8 Å². The van der Waals surface area contributed by atoms with E-state index in [9.17, 15) is 19.5 Å². The van der Waals surface area contributed by atoms with E-state index in [1.807, 2.05) is 33.8 Å². The normalized spacial score (nSPS) is 13.3. The summed E-state index contributed by atoms with van der Waals surface area (Å²) in [5.74, 6) is -0.973. The highest BCUT2D eigenvalue weighted by Crippen LogP contribution is 2.35. The maximum Gasteiger partial charge on any atom is 0.408 e. The van der Waals surface area contributed by atoms with Crippen LogP contribution in [0, 0.1) is 13.8 Å². The SMILES string of the molecule is CCC(C)(C)N(C(=O)C(CS)NC(=O)OC(C)(C)C)C(C(=O)Nc1c(C)cccc1Cl)c1ccc(O)c(C)c1. The fraction of sp³-hybridized carbons (Fsp3) is 0.483. The second-order valence-electron chi connectivity index (χ2n) is 11.1. The van der Waals surface area contributed by atoms with Crippen LogP contribution >= 0.6 is 24.2 Å². The number of amides is 3. The Morgan fingerprint density at radius 3 is 2.23 bits per heavy atom. The first-order valence-corrected chi connectivity index (χ1v) is 13.8. The molecule has 0 bridgehead atoms. The molecular weight excluding hydrogens is 538 g/mol. The van der Waals surface area contributed by atoms with E-state index in [1.165, 1.54) is 11.0 Å². The number of phenols is 1. The van der Waals surface area contributed by atoms with Crippen molar-refractivity contribution in [3.8, 4) is 5.75 Å². The number of halogens is 1. The lowest BCUT2D eigenvalue weighted by Crippen LogP contribution is -2.59. The second kappa shape index (κ2) is 13.0. The van der Waals surface area contributed by atoms with Gasteiger partial charge in [-0.05, 0) is 89.8 Å². The van der Waals surface area contributed by atoms with Crippen LogP contribution in [0.2, 0.25) is 5.02 Å². The topological polar surface area (TPSA) is 108 Å². The lowest BCUT2D eigenvalue weighted by Gasteiger charge is -2.44. The largest absolute Gasteiger partial charge is 0.508 e. The number of para-hydroxylation sites is 1. The number of ether oxygens (including phenoxy) is 1. The Bertz CT molecular complexity index is 1190. The van der Waals surface area contributed by atoms with E-state index in [-0.39, 0.29) is 11.5 Å². The van der Waals surface area contributed by atoms with Gasteiger partial charge in [-0.3, -0.25) is 9.59 Å². The number of hydrogen-bond donors (Lipinski definition) is 4. The summed E-state index contributed by atoms with van der Waals surface area (Å²) >= 11 is 10.7. The van der Waals surface area contributed by atoms with Crippen molar-refractivity contribution in [1.82, 2.24) is 10.2 Å². The van der Waals surface area contributed by atoms with Gasteiger partial charge in [0, 0.05) is 11.3 Å². The van der Waals surface area contributed by atoms with Crippen molar-refractivity contribution in [2.24, 2.45) is 0 Å². The average molecular weight is 578 g/mol. The highest BCUT2D eigenvalue weighted by molar-refractivity contribution is 7.80. The summed E-state index contributed by atoms with van der Waals surface area (Å²) in [4.78, 5) is 42.3. The molecule has 0 aliphatic heterocycles. The van der Waals surface area contributed by atoms with E-state index >= 15 is 0 Å². The number of alkyl carbamates (subject to hydrolysis) is 1. The zero-order valence-corrected chi connectivity index (χ0v) is 25.5. The standard InChI is InChI=1S/C29H40ClN3O5S/c1-9-29(7,8)33(26(36)21(16-39)31-27(37)38-28(4,5)6)24(19-13-14-22(34)18(3)15-19)25(35)32-23-17(2)11-10-12-20(23)30/h10-15,21,24,34,39H,9,16H2,1-8H3,(H,31,37)(H,32,35). The first-order valence-electron chi connectivity index (χ1n) is 12.8. The number of aryl methyl sites for hydroxylation is 2. The molecule has 2 rings (SSSR count). The summed E-state index contributed by atoms with van der Waals surface area (Å²) < 4.78 is 5.36. The molecule has 2 atom stereocenters. The van der Waals surface area contributed by atoms with Gasteiger partial charge in [0.1, 0.15) is 23.4 Å². The third-order valence-electron chi connectivity index (χ3n) is 6.44. The van der Waals surface area contributed by atoms with E-state index in [0.29, 0.717) is 28.3 Å². The molecule has 214 valence electrons. The van der Waals surface area contributed by atoms with Gasteiger partial charge in [-0.1, -0.05) is 36.7 Å². The van der Waals surface area contributed by atoms with Crippen LogP contribution in [-0.2, 0) is 14.3 Å². The van der Waals surface area contributed by atoms with Crippen LogP contribution in [0.4, 0.5) is 10.5 Å². The molecule has 0 aromatic heterocycles. The molecule has 0 spiro atoms. The smallest absolute Gasteiger partial charge is 0.408 e. The number of aromatic hydroxyl groups is 1. The van der Waals surface area contributed by atoms with Crippen molar-refractivity contribution < 1.29 is 24.2 Å². The molecule has 0 aliphatic rings. The van der Waals surface area contributed by atoms with Crippen LogP contribution in [0.1, 0.15) is 70.7 Å². The summed E-state index contributed by atoms with van der Waals surface area (Å²) in [7, 11) is 0. The van der Waals surface area contributed by atoms with Crippen molar-refractivity contribution in [2.75, 3.05) is 11.1 Å². The first kappa shape index (κ1) is 32.3. The Morgan fingerprint density at radius 2 is 1.72 bits per heavy atom. The van der Waals surface area contributed by atoms with Crippen LogP contribution < -0.4 is 10.6 Å². The highest BCUT2D eigenvalue weighted by Gasteiger charge is 2.43. The van der Waals surface area contributed by atoms with E-state index in [4.69, 9.17) is 16.3 Å². The number of phenolic OH excluding ortho intramolecular Hbond substituents is 1. The number of carbonyl (C=O) groups is 3. The summed E-state index contributed by atoms with van der Waals surface area (Å²) in [6.07, 6.45) is -0.270. The van der Waals surface area contributed by atoms with Gasteiger partial charge in [-0.2, -0.15) is 12.6 Å². The van der Waals surface area contributed by atoms with E-state index in [0.717, 1.165) is 5.56 Å². The number of rotatable bonds is 9. The predicted molar refractivity (Wildman–Crippen MR) is 159 cm³/mol. The van der Waals surface area contributed by atoms with Gasteiger partial charge in [0.15, 0.2) is 0 Å². The minimum absolute atomic E-state index is 0.0268. The van der Waals surface area contributed by atoms with Crippen molar-refractivity contribution in [1.29, 1.82) is 0 Å². The number of hydrogen-bond acceptors (Lipinski definition) is 6. The Balaban J connectivity index is 2.66. The molecule has 10 heteroatoms. The Labute approximate surface area is 241 Å². The fourth-order valence-electron chi connectivity index (χ4n) is 4.00. The molecule has 39 heavy (non-hydrogen) atoms. The maximum atomic E-state index is 14.2. The van der Waals surface area contributed by atoms with Crippen molar-refractivity contribution >= 4 is 47.8 Å². The minimum Gasteiger partial charge on any atom is -0.508 e. The fourth-order valence-corrected chi connectivity index (χ4v) is 4.51. The molecule has 8 nitrogen and oxygen atoms in total. The third kappa shape index (κ3) is 8.29. The number of carbonyl (C=O) groups excluding carboxylic acids is 3. The Morgan fingerprint density at radius 1 is 1.08 bits per heavy atom. The second-order valence-corrected chi connectivity index (χ2v) is 11.9. The van der Waals surface area contributed by atoms with Gasteiger partial charge in [-0.15, -0.1) is 0 Å². The molecule has 0 aliphatic carbocycles. The van der Waals surface area contributed by atoms with Gasteiger partial charge < -0.3 is 25.4 Å². The molecule has 3 amide bonds. The molecule has 0 heterocycles. The van der Waals surface area contributed by atoms with Gasteiger partial charge in [0.2, 0.25) is 5.91 Å². The molecule has 3 N–H and O–H groups in total. The van der Waals surface area contributed by atoms with E-state index < -0.39 is 41.1 Å². The zero-order chi connectivity index (χ0) is 29.7. The Kier molecular flexibility index (Phi) is 10.7. The van der Waals surface area contributed by atoms with Gasteiger partial charge in [-0.25, -0.2) is 4.79 Å². The quantitative estimate of drug-likeness (QED) is 0.266. The Hall–Kier alpha value is -2.91.